The SMILES string of the molecule is Cc1ccc(OCC(C)NC(=O)c2cccc(Br)n2)cc1. The van der Waals surface area contributed by atoms with Crippen LogP contribution in [0, 0.1) is 6.92 Å². The van der Waals surface area contributed by atoms with E-state index >= 15 is 0 Å². The molecule has 0 radical (unpaired) electrons. The Morgan fingerprint density at radius 2 is 2.00 bits per heavy atom. The van der Waals surface area contributed by atoms with Gasteiger partial charge in [0.25, 0.3) is 5.91 Å². The fourth-order valence-corrected chi connectivity index (χ4v) is 2.07. The number of aryl methyl sites for hydroxylation is 1. The van der Waals surface area contributed by atoms with E-state index in [-0.39, 0.29) is 11.9 Å². The lowest BCUT2D eigenvalue weighted by Crippen LogP contribution is -2.37. The van der Waals surface area contributed by atoms with Crippen molar-refractivity contribution in [2.45, 2.75) is 19.9 Å². The summed E-state index contributed by atoms with van der Waals surface area (Å²) < 4.78 is 6.28. The zero-order valence-corrected chi connectivity index (χ0v) is 13.6. The summed E-state index contributed by atoms with van der Waals surface area (Å²) in [5, 5.41) is 2.86. The first-order valence-corrected chi connectivity index (χ1v) is 7.47. The molecule has 0 aliphatic carbocycles. The standard InChI is InChI=1S/C16H17BrN2O2/c1-11-6-8-13(9-7-11)21-10-12(2)18-16(20)14-4-3-5-15(17)19-14/h3-9,12H,10H2,1-2H3,(H,18,20). The molecule has 21 heavy (non-hydrogen) atoms. The molecule has 1 N–H and O–H groups in total. The molecule has 1 aromatic heterocycles. The van der Waals surface area contributed by atoms with Gasteiger partial charge in [0.2, 0.25) is 0 Å². The molecule has 0 saturated carbocycles. The van der Waals surface area contributed by atoms with Crippen LogP contribution in [0.25, 0.3) is 0 Å². The number of rotatable bonds is 5. The fraction of sp³-hybridized carbons (Fsp3) is 0.250. The number of ether oxygens (including phenoxy) is 1. The van der Waals surface area contributed by atoms with E-state index in [4.69, 9.17) is 4.74 Å². The highest BCUT2D eigenvalue weighted by molar-refractivity contribution is 9.10. The van der Waals surface area contributed by atoms with Crippen molar-refractivity contribution in [2.24, 2.45) is 0 Å². The zero-order valence-electron chi connectivity index (χ0n) is 12.0. The highest BCUT2D eigenvalue weighted by Gasteiger charge is 2.11. The number of pyridine rings is 1. The van der Waals surface area contributed by atoms with Crippen LogP contribution >= 0.6 is 15.9 Å². The number of hydrogen-bond acceptors (Lipinski definition) is 3. The number of hydrogen-bond donors (Lipinski definition) is 1. The Morgan fingerprint density at radius 3 is 2.67 bits per heavy atom. The van der Waals surface area contributed by atoms with Gasteiger partial charge in [-0.1, -0.05) is 23.8 Å². The van der Waals surface area contributed by atoms with E-state index in [1.54, 1.807) is 18.2 Å². The van der Waals surface area contributed by atoms with Crippen LogP contribution < -0.4 is 10.1 Å². The average molecular weight is 349 g/mol. The maximum atomic E-state index is 12.0. The Morgan fingerprint density at radius 1 is 1.29 bits per heavy atom. The third kappa shape index (κ3) is 4.86. The molecule has 1 aromatic carbocycles. The Kier molecular flexibility index (Phi) is 5.33. The Bertz CT molecular complexity index is 614. The van der Waals surface area contributed by atoms with Gasteiger partial charge in [-0.3, -0.25) is 4.79 Å². The van der Waals surface area contributed by atoms with Gasteiger partial charge in [0.05, 0.1) is 6.04 Å². The molecular weight excluding hydrogens is 332 g/mol. The normalized spacial score (nSPS) is 11.8. The summed E-state index contributed by atoms with van der Waals surface area (Å²) in [7, 11) is 0. The van der Waals surface area contributed by atoms with Gasteiger partial charge in [-0.05, 0) is 54.0 Å². The second-order valence-electron chi connectivity index (χ2n) is 4.84. The number of carbonyl (C=O) groups is 1. The van der Waals surface area contributed by atoms with Gasteiger partial charge in [0.15, 0.2) is 0 Å². The number of nitrogens with zero attached hydrogens (tertiary/aromatic N) is 1. The Hall–Kier alpha value is -1.88. The first kappa shape index (κ1) is 15.5. The van der Waals surface area contributed by atoms with Crippen molar-refractivity contribution in [3.05, 3.63) is 58.3 Å². The quantitative estimate of drug-likeness (QED) is 0.843. The lowest BCUT2D eigenvalue weighted by atomic mass is 10.2. The van der Waals surface area contributed by atoms with Gasteiger partial charge in [-0.2, -0.15) is 0 Å². The van der Waals surface area contributed by atoms with Crippen LogP contribution in [-0.4, -0.2) is 23.5 Å². The first-order valence-electron chi connectivity index (χ1n) is 6.67. The molecule has 1 heterocycles. The molecule has 4 nitrogen and oxygen atoms in total. The number of amides is 1. The smallest absolute Gasteiger partial charge is 0.270 e. The van der Waals surface area contributed by atoms with Gasteiger partial charge in [-0.25, -0.2) is 4.98 Å². The second-order valence-corrected chi connectivity index (χ2v) is 5.66. The van der Waals surface area contributed by atoms with Gasteiger partial charge in [0, 0.05) is 0 Å². The third-order valence-electron chi connectivity index (χ3n) is 2.85. The number of aromatic nitrogens is 1. The van der Waals surface area contributed by atoms with E-state index in [1.807, 2.05) is 38.1 Å². The highest BCUT2D eigenvalue weighted by atomic mass is 79.9. The van der Waals surface area contributed by atoms with Gasteiger partial charge in [-0.15, -0.1) is 0 Å². The molecule has 1 amide bonds. The average Bonchev–Trinajstić information content (AvgIpc) is 2.46. The van der Waals surface area contributed by atoms with E-state index in [0.717, 1.165) is 5.75 Å². The largest absolute Gasteiger partial charge is 0.491 e. The molecule has 110 valence electrons. The summed E-state index contributed by atoms with van der Waals surface area (Å²) in [6.07, 6.45) is 0. The van der Waals surface area contributed by atoms with E-state index in [1.165, 1.54) is 5.56 Å². The monoisotopic (exact) mass is 348 g/mol. The van der Waals surface area contributed by atoms with Crippen LogP contribution in [0.15, 0.2) is 47.1 Å². The topological polar surface area (TPSA) is 51.2 Å². The molecule has 2 rings (SSSR count). The number of carbonyl (C=O) groups excluding carboxylic acids is 1. The van der Waals surface area contributed by atoms with Crippen molar-refractivity contribution in [3.8, 4) is 5.75 Å². The first-order chi connectivity index (χ1) is 10.0. The van der Waals surface area contributed by atoms with Gasteiger partial charge < -0.3 is 10.1 Å². The van der Waals surface area contributed by atoms with Crippen LogP contribution in [0.3, 0.4) is 0 Å². The summed E-state index contributed by atoms with van der Waals surface area (Å²) in [4.78, 5) is 16.1. The molecule has 0 saturated heterocycles. The molecule has 0 aliphatic rings. The van der Waals surface area contributed by atoms with Crippen molar-refractivity contribution in [1.29, 1.82) is 0 Å². The van der Waals surface area contributed by atoms with Crippen LogP contribution in [0.2, 0.25) is 0 Å². The molecule has 2 aromatic rings. The van der Waals surface area contributed by atoms with Gasteiger partial charge in [0.1, 0.15) is 22.7 Å². The lowest BCUT2D eigenvalue weighted by Gasteiger charge is -2.15. The lowest BCUT2D eigenvalue weighted by molar-refractivity contribution is 0.0921. The minimum atomic E-state index is -0.212. The van der Waals surface area contributed by atoms with E-state index in [0.29, 0.717) is 16.9 Å². The molecule has 0 aliphatic heterocycles. The predicted octanol–water partition coefficient (Wildman–Crippen LogP) is 3.35. The van der Waals surface area contributed by atoms with Crippen molar-refractivity contribution in [1.82, 2.24) is 10.3 Å². The predicted molar refractivity (Wildman–Crippen MR) is 85.5 cm³/mol. The van der Waals surface area contributed by atoms with E-state index in [2.05, 4.69) is 26.2 Å². The molecule has 0 bridgehead atoms. The summed E-state index contributed by atoms with van der Waals surface area (Å²) in [6, 6.07) is 12.9. The summed E-state index contributed by atoms with van der Waals surface area (Å²) in [5.74, 6) is 0.582. The van der Waals surface area contributed by atoms with Crippen LogP contribution in [0.5, 0.6) is 5.75 Å². The molecule has 0 fully saturated rings. The number of halogens is 1. The maximum Gasteiger partial charge on any atom is 0.270 e. The van der Waals surface area contributed by atoms with Crippen LogP contribution in [0.4, 0.5) is 0 Å². The molecular formula is C16H17BrN2O2. The summed E-state index contributed by atoms with van der Waals surface area (Å²) >= 11 is 3.25. The summed E-state index contributed by atoms with van der Waals surface area (Å²) in [5.41, 5.74) is 1.57. The van der Waals surface area contributed by atoms with Crippen molar-refractivity contribution in [3.63, 3.8) is 0 Å². The second kappa shape index (κ2) is 7.22. The number of benzene rings is 1. The van der Waals surface area contributed by atoms with Crippen LogP contribution in [-0.2, 0) is 0 Å². The van der Waals surface area contributed by atoms with Crippen LogP contribution in [0.1, 0.15) is 23.0 Å². The number of nitrogens with one attached hydrogen (secondary N) is 1. The summed E-state index contributed by atoms with van der Waals surface area (Å²) in [6.45, 7) is 4.32. The Labute approximate surface area is 132 Å². The van der Waals surface area contributed by atoms with E-state index in [9.17, 15) is 4.79 Å². The van der Waals surface area contributed by atoms with Gasteiger partial charge >= 0.3 is 0 Å². The molecule has 5 heteroatoms. The van der Waals surface area contributed by atoms with Crippen molar-refractivity contribution < 1.29 is 9.53 Å². The maximum absolute atomic E-state index is 12.0. The zero-order chi connectivity index (χ0) is 15.2. The van der Waals surface area contributed by atoms with Crippen molar-refractivity contribution in [2.75, 3.05) is 6.61 Å². The third-order valence-corrected chi connectivity index (χ3v) is 3.29. The minimum Gasteiger partial charge on any atom is -0.491 e. The molecule has 1 atom stereocenters. The molecule has 0 spiro atoms. The minimum absolute atomic E-state index is 0.111. The van der Waals surface area contributed by atoms with Crippen molar-refractivity contribution >= 4 is 21.8 Å². The fourth-order valence-electron chi connectivity index (χ4n) is 1.73. The van der Waals surface area contributed by atoms with E-state index < -0.39 is 0 Å². The highest BCUT2D eigenvalue weighted by Crippen LogP contribution is 2.11. The Balaban J connectivity index is 1.85. The molecule has 1 unspecified atom stereocenters.